The number of hydrogen-bond acceptors (Lipinski definition) is 3. The minimum absolute atomic E-state index is 0.0469. The van der Waals surface area contributed by atoms with Crippen LogP contribution in [0.3, 0.4) is 0 Å². The van der Waals surface area contributed by atoms with Crippen molar-refractivity contribution in [3.63, 3.8) is 0 Å². The minimum atomic E-state index is -0.0510. The first-order chi connectivity index (χ1) is 7.06. The summed E-state index contributed by atoms with van der Waals surface area (Å²) in [4.78, 5) is 14.1. The predicted octanol–water partition coefficient (Wildman–Crippen LogP) is 2.46. The van der Waals surface area contributed by atoms with E-state index in [-0.39, 0.29) is 11.3 Å². The molecule has 1 rings (SSSR count). The molecule has 1 unspecified atom stereocenters. The second-order valence-electron chi connectivity index (χ2n) is 3.28. The number of amides is 1. The maximum atomic E-state index is 11.9. The van der Waals surface area contributed by atoms with Gasteiger partial charge in [-0.2, -0.15) is 0 Å². The lowest BCUT2D eigenvalue weighted by molar-refractivity contribution is 0.0798. The molecule has 5 heteroatoms. The van der Waals surface area contributed by atoms with Crippen LogP contribution in [-0.2, 0) is 0 Å². The van der Waals surface area contributed by atoms with Crippen LogP contribution in [0.5, 0.6) is 5.75 Å². The number of hydrogen-bond donors (Lipinski definition) is 0. The summed E-state index contributed by atoms with van der Waals surface area (Å²) in [5.41, 5.74) is 0. The normalized spacial score (nSPS) is 12.3. The van der Waals surface area contributed by atoms with E-state index in [2.05, 4.69) is 0 Å². The van der Waals surface area contributed by atoms with Crippen molar-refractivity contribution in [2.24, 2.45) is 0 Å². The van der Waals surface area contributed by atoms with Crippen LogP contribution in [0.2, 0.25) is 0 Å². The van der Waals surface area contributed by atoms with Gasteiger partial charge in [0.2, 0.25) is 0 Å². The van der Waals surface area contributed by atoms with E-state index in [0.717, 1.165) is 0 Å². The zero-order valence-corrected chi connectivity index (χ0v) is 10.6. The fourth-order valence-corrected chi connectivity index (χ4v) is 2.31. The second kappa shape index (κ2) is 5.37. The summed E-state index contributed by atoms with van der Waals surface area (Å²) in [6.07, 6.45) is 0. The maximum absolute atomic E-state index is 11.9. The Morgan fingerprint density at radius 3 is 2.93 bits per heavy atom. The summed E-state index contributed by atoms with van der Waals surface area (Å²) in [5, 5.41) is 1.79. The standard InChI is InChI=1S/C10H14ClNO2S/c1-7(11)6-12(2)10(13)9-8(14-3)4-5-15-9/h4-5,7H,6H2,1-3H3. The van der Waals surface area contributed by atoms with Gasteiger partial charge in [0.25, 0.3) is 5.91 Å². The molecule has 0 aromatic carbocycles. The Balaban J connectivity index is 2.76. The predicted molar refractivity (Wildman–Crippen MR) is 63.1 cm³/mol. The quantitative estimate of drug-likeness (QED) is 0.765. The molecule has 0 bridgehead atoms. The van der Waals surface area contributed by atoms with E-state index >= 15 is 0 Å². The van der Waals surface area contributed by atoms with Crippen LogP contribution < -0.4 is 4.74 Å². The Kier molecular flexibility index (Phi) is 4.42. The molecule has 0 radical (unpaired) electrons. The highest BCUT2D eigenvalue weighted by Crippen LogP contribution is 2.25. The van der Waals surface area contributed by atoms with Crippen LogP contribution in [0.15, 0.2) is 11.4 Å². The molecule has 0 N–H and O–H groups in total. The maximum Gasteiger partial charge on any atom is 0.267 e. The van der Waals surface area contributed by atoms with Crippen LogP contribution in [0, 0.1) is 0 Å². The minimum Gasteiger partial charge on any atom is -0.495 e. The van der Waals surface area contributed by atoms with Crippen molar-refractivity contribution in [3.8, 4) is 5.75 Å². The van der Waals surface area contributed by atoms with Gasteiger partial charge in [0, 0.05) is 19.0 Å². The lowest BCUT2D eigenvalue weighted by atomic mass is 10.3. The number of rotatable bonds is 4. The van der Waals surface area contributed by atoms with E-state index in [1.54, 1.807) is 25.1 Å². The molecule has 1 aromatic rings. The summed E-state index contributed by atoms with van der Waals surface area (Å²) in [6.45, 7) is 2.39. The Morgan fingerprint density at radius 2 is 2.40 bits per heavy atom. The van der Waals surface area contributed by atoms with E-state index in [1.165, 1.54) is 11.3 Å². The molecule has 1 amide bonds. The van der Waals surface area contributed by atoms with Crippen LogP contribution in [0.1, 0.15) is 16.6 Å². The average molecular weight is 248 g/mol. The molecule has 0 spiro atoms. The molecule has 15 heavy (non-hydrogen) atoms. The van der Waals surface area contributed by atoms with E-state index < -0.39 is 0 Å². The van der Waals surface area contributed by atoms with Gasteiger partial charge in [0.15, 0.2) is 0 Å². The molecule has 1 aromatic heterocycles. The van der Waals surface area contributed by atoms with Gasteiger partial charge in [-0.05, 0) is 18.4 Å². The summed E-state index contributed by atoms with van der Waals surface area (Å²) in [5.74, 6) is 0.577. The molecule has 0 aliphatic rings. The van der Waals surface area contributed by atoms with Crippen LogP contribution in [0.4, 0.5) is 0 Å². The van der Waals surface area contributed by atoms with Crippen LogP contribution in [-0.4, -0.2) is 36.9 Å². The lowest BCUT2D eigenvalue weighted by Gasteiger charge is -2.17. The van der Waals surface area contributed by atoms with Crippen molar-refractivity contribution in [2.45, 2.75) is 12.3 Å². The topological polar surface area (TPSA) is 29.5 Å². The van der Waals surface area contributed by atoms with Crippen molar-refractivity contribution in [1.29, 1.82) is 0 Å². The fraction of sp³-hybridized carbons (Fsp3) is 0.500. The number of thiophene rings is 1. The van der Waals surface area contributed by atoms with E-state index in [0.29, 0.717) is 17.2 Å². The van der Waals surface area contributed by atoms with Crippen molar-refractivity contribution >= 4 is 28.8 Å². The van der Waals surface area contributed by atoms with Gasteiger partial charge in [-0.15, -0.1) is 22.9 Å². The molecule has 1 heterocycles. The molecule has 0 aliphatic carbocycles. The van der Waals surface area contributed by atoms with Crippen molar-refractivity contribution in [3.05, 3.63) is 16.3 Å². The number of alkyl halides is 1. The van der Waals surface area contributed by atoms with Gasteiger partial charge in [0.05, 0.1) is 7.11 Å². The van der Waals surface area contributed by atoms with Gasteiger partial charge < -0.3 is 9.64 Å². The number of methoxy groups -OCH3 is 1. The van der Waals surface area contributed by atoms with Crippen LogP contribution >= 0.6 is 22.9 Å². The van der Waals surface area contributed by atoms with Gasteiger partial charge in [-0.3, -0.25) is 4.79 Å². The highest BCUT2D eigenvalue weighted by Gasteiger charge is 2.18. The summed E-state index contributed by atoms with van der Waals surface area (Å²) in [7, 11) is 3.30. The number of carbonyl (C=O) groups excluding carboxylic acids is 1. The largest absolute Gasteiger partial charge is 0.495 e. The number of ether oxygens (including phenoxy) is 1. The van der Waals surface area contributed by atoms with E-state index in [1.807, 2.05) is 12.3 Å². The number of nitrogens with zero attached hydrogens (tertiary/aromatic N) is 1. The van der Waals surface area contributed by atoms with E-state index in [4.69, 9.17) is 16.3 Å². The first kappa shape index (κ1) is 12.3. The van der Waals surface area contributed by atoms with Crippen LogP contribution in [0.25, 0.3) is 0 Å². The molecule has 0 fully saturated rings. The Labute approximate surface area is 98.6 Å². The molecule has 3 nitrogen and oxygen atoms in total. The second-order valence-corrected chi connectivity index (χ2v) is 4.95. The molecule has 1 atom stereocenters. The molecule has 0 aliphatic heterocycles. The Bertz CT molecular complexity index is 338. The summed E-state index contributed by atoms with van der Waals surface area (Å²) in [6, 6.07) is 1.79. The smallest absolute Gasteiger partial charge is 0.267 e. The van der Waals surface area contributed by atoms with Gasteiger partial charge in [-0.1, -0.05) is 0 Å². The van der Waals surface area contributed by atoms with Gasteiger partial charge >= 0.3 is 0 Å². The fourth-order valence-electron chi connectivity index (χ4n) is 1.25. The van der Waals surface area contributed by atoms with Gasteiger partial charge in [-0.25, -0.2) is 0 Å². The third kappa shape index (κ3) is 3.11. The summed E-state index contributed by atoms with van der Waals surface area (Å²) < 4.78 is 5.09. The highest BCUT2D eigenvalue weighted by molar-refractivity contribution is 7.12. The highest BCUT2D eigenvalue weighted by atomic mass is 35.5. The zero-order chi connectivity index (χ0) is 11.4. The monoisotopic (exact) mass is 247 g/mol. The van der Waals surface area contributed by atoms with Crippen molar-refractivity contribution in [1.82, 2.24) is 4.90 Å². The SMILES string of the molecule is COc1ccsc1C(=O)N(C)CC(C)Cl. The molecule has 0 saturated carbocycles. The first-order valence-corrected chi connectivity index (χ1v) is 5.89. The lowest BCUT2D eigenvalue weighted by Crippen LogP contribution is -2.31. The first-order valence-electron chi connectivity index (χ1n) is 4.57. The third-order valence-corrected chi connectivity index (χ3v) is 2.94. The molecule has 84 valence electrons. The number of carbonyl (C=O) groups is 1. The molecular formula is C10H14ClNO2S. The van der Waals surface area contributed by atoms with Gasteiger partial charge in [0.1, 0.15) is 10.6 Å². The zero-order valence-electron chi connectivity index (χ0n) is 8.99. The molecular weight excluding hydrogens is 234 g/mol. The Hall–Kier alpha value is -0.740. The summed E-state index contributed by atoms with van der Waals surface area (Å²) >= 11 is 7.21. The molecule has 0 saturated heterocycles. The van der Waals surface area contributed by atoms with E-state index in [9.17, 15) is 4.79 Å². The average Bonchev–Trinajstić information content (AvgIpc) is 2.62. The third-order valence-electron chi connectivity index (χ3n) is 1.92. The van der Waals surface area contributed by atoms with Crippen molar-refractivity contribution in [2.75, 3.05) is 20.7 Å². The Morgan fingerprint density at radius 1 is 1.73 bits per heavy atom. The van der Waals surface area contributed by atoms with Crippen molar-refractivity contribution < 1.29 is 9.53 Å². The number of halogens is 1.